The molecule has 0 radical (unpaired) electrons. The maximum atomic E-state index is 12.8. The molecule has 1 aliphatic rings. The van der Waals surface area contributed by atoms with Crippen molar-refractivity contribution in [3.05, 3.63) is 29.3 Å². The smallest absolute Gasteiger partial charge is 0.254 e. The number of aliphatic hydroxyl groups is 1. The molecule has 21 heavy (non-hydrogen) atoms. The van der Waals surface area contributed by atoms with E-state index in [1.807, 2.05) is 4.90 Å². The van der Waals surface area contributed by atoms with E-state index in [9.17, 15) is 15.0 Å². The normalized spacial score (nSPS) is 20.9. The van der Waals surface area contributed by atoms with Gasteiger partial charge in [0.05, 0.1) is 6.10 Å². The molecule has 2 unspecified atom stereocenters. The number of nitrogens with zero attached hydrogens (tertiary/aromatic N) is 1. The van der Waals surface area contributed by atoms with Crippen LogP contribution in [0.4, 0.5) is 0 Å². The SMILES string of the molecule is Cc1cc(C(=O)N2CCCCCC2CC(C)O)ccc1O. The molecule has 1 aromatic carbocycles. The molecule has 1 fully saturated rings. The lowest BCUT2D eigenvalue weighted by Crippen LogP contribution is -2.41. The number of hydrogen-bond acceptors (Lipinski definition) is 3. The first-order valence-electron chi connectivity index (χ1n) is 7.77. The van der Waals surface area contributed by atoms with Crippen molar-refractivity contribution in [1.82, 2.24) is 4.90 Å². The van der Waals surface area contributed by atoms with E-state index < -0.39 is 6.10 Å². The molecule has 0 spiro atoms. The third kappa shape index (κ3) is 3.97. The van der Waals surface area contributed by atoms with Crippen molar-refractivity contribution in [3.63, 3.8) is 0 Å². The van der Waals surface area contributed by atoms with Gasteiger partial charge in [0.2, 0.25) is 0 Å². The minimum Gasteiger partial charge on any atom is -0.508 e. The highest BCUT2D eigenvalue weighted by Crippen LogP contribution is 2.24. The molecule has 116 valence electrons. The maximum absolute atomic E-state index is 12.8. The fourth-order valence-corrected chi connectivity index (χ4v) is 3.04. The van der Waals surface area contributed by atoms with Gasteiger partial charge in [-0.05, 0) is 56.9 Å². The van der Waals surface area contributed by atoms with Gasteiger partial charge in [-0.3, -0.25) is 4.79 Å². The van der Waals surface area contributed by atoms with Gasteiger partial charge in [-0.1, -0.05) is 12.8 Å². The van der Waals surface area contributed by atoms with E-state index in [4.69, 9.17) is 0 Å². The largest absolute Gasteiger partial charge is 0.508 e. The Morgan fingerprint density at radius 3 is 2.81 bits per heavy atom. The van der Waals surface area contributed by atoms with Crippen molar-refractivity contribution < 1.29 is 15.0 Å². The van der Waals surface area contributed by atoms with E-state index >= 15 is 0 Å². The third-order valence-electron chi connectivity index (χ3n) is 4.19. The van der Waals surface area contributed by atoms with Gasteiger partial charge in [0.15, 0.2) is 0 Å². The van der Waals surface area contributed by atoms with E-state index in [-0.39, 0.29) is 17.7 Å². The molecule has 2 rings (SSSR count). The summed E-state index contributed by atoms with van der Waals surface area (Å²) in [5.41, 5.74) is 1.32. The molecule has 4 nitrogen and oxygen atoms in total. The first-order valence-corrected chi connectivity index (χ1v) is 7.77. The van der Waals surface area contributed by atoms with Crippen LogP contribution in [-0.4, -0.2) is 39.7 Å². The number of likely N-dealkylation sites (tertiary alicyclic amines) is 1. The summed E-state index contributed by atoms with van der Waals surface area (Å²) in [5.74, 6) is 0.216. The number of rotatable bonds is 3. The highest BCUT2D eigenvalue weighted by molar-refractivity contribution is 5.94. The molecular formula is C17H25NO3. The average Bonchev–Trinajstić information content (AvgIpc) is 2.66. The number of phenols is 1. The summed E-state index contributed by atoms with van der Waals surface area (Å²) in [6, 6.07) is 5.09. The number of aryl methyl sites for hydroxylation is 1. The molecule has 2 atom stereocenters. The van der Waals surface area contributed by atoms with Crippen LogP contribution >= 0.6 is 0 Å². The van der Waals surface area contributed by atoms with Gasteiger partial charge in [0.25, 0.3) is 5.91 Å². The summed E-state index contributed by atoms with van der Waals surface area (Å²) in [7, 11) is 0. The Balaban J connectivity index is 2.21. The fraction of sp³-hybridized carbons (Fsp3) is 0.588. The minimum absolute atomic E-state index is 0.00523. The predicted octanol–water partition coefficient (Wildman–Crippen LogP) is 2.86. The summed E-state index contributed by atoms with van der Waals surface area (Å²) in [5, 5.41) is 19.3. The molecule has 0 aromatic heterocycles. The number of phenolic OH excluding ortho intramolecular Hbond substituents is 1. The van der Waals surface area contributed by atoms with E-state index in [0.717, 1.165) is 32.2 Å². The van der Waals surface area contributed by atoms with Crippen molar-refractivity contribution in [2.45, 2.75) is 58.1 Å². The molecule has 0 aliphatic carbocycles. The number of carbonyl (C=O) groups is 1. The maximum Gasteiger partial charge on any atom is 0.254 e. The van der Waals surface area contributed by atoms with E-state index in [1.165, 1.54) is 0 Å². The van der Waals surface area contributed by atoms with Gasteiger partial charge >= 0.3 is 0 Å². The Kier molecular flexibility index (Phi) is 5.23. The van der Waals surface area contributed by atoms with Crippen LogP contribution < -0.4 is 0 Å². The Bertz CT molecular complexity index is 499. The number of aromatic hydroxyl groups is 1. The molecule has 1 aromatic rings. The van der Waals surface area contributed by atoms with Crippen molar-refractivity contribution in [1.29, 1.82) is 0 Å². The van der Waals surface area contributed by atoms with Crippen LogP contribution in [0.3, 0.4) is 0 Å². The summed E-state index contributed by atoms with van der Waals surface area (Å²) < 4.78 is 0. The van der Waals surface area contributed by atoms with Crippen LogP contribution in [0, 0.1) is 6.92 Å². The van der Waals surface area contributed by atoms with Crippen molar-refractivity contribution in [3.8, 4) is 5.75 Å². The zero-order valence-corrected chi connectivity index (χ0v) is 12.9. The zero-order chi connectivity index (χ0) is 15.4. The van der Waals surface area contributed by atoms with Crippen LogP contribution in [-0.2, 0) is 0 Å². The second-order valence-corrected chi connectivity index (χ2v) is 6.09. The van der Waals surface area contributed by atoms with E-state index in [1.54, 1.807) is 32.0 Å². The average molecular weight is 291 g/mol. The van der Waals surface area contributed by atoms with Crippen LogP contribution in [0.25, 0.3) is 0 Å². The van der Waals surface area contributed by atoms with Crippen LogP contribution in [0.1, 0.15) is 54.9 Å². The second kappa shape index (κ2) is 6.94. The molecule has 2 N–H and O–H groups in total. The van der Waals surface area contributed by atoms with Crippen molar-refractivity contribution in [2.24, 2.45) is 0 Å². The van der Waals surface area contributed by atoms with Crippen molar-refractivity contribution >= 4 is 5.91 Å². The number of carbonyl (C=O) groups excluding carboxylic acids is 1. The predicted molar refractivity (Wildman–Crippen MR) is 82.4 cm³/mol. The molecule has 1 amide bonds. The Hall–Kier alpha value is -1.55. The lowest BCUT2D eigenvalue weighted by atomic mass is 10.0. The number of amides is 1. The lowest BCUT2D eigenvalue weighted by Gasteiger charge is -2.31. The molecule has 1 aliphatic heterocycles. The first kappa shape index (κ1) is 15.8. The van der Waals surface area contributed by atoms with Gasteiger partial charge < -0.3 is 15.1 Å². The summed E-state index contributed by atoms with van der Waals surface area (Å²) in [6.45, 7) is 4.32. The Morgan fingerprint density at radius 1 is 1.38 bits per heavy atom. The molecular weight excluding hydrogens is 266 g/mol. The third-order valence-corrected chi connectivity index (χ3v) is 4.19. The van der Waals surface area contributed by atoms with Crippen LogP contribution in [0.5, 0.6) is 5.75 Å². The summed E-state index contributed by atoms with van der Waals surface area (Å²) in [4.78, 5) is 14.7. The number of benzene rings is 1. The summed E-state index contributed by atoms with van der Waals surface area (Å²) in [6.07, 6.45) is 4.44. The highest BCUT2D eigenvalue weighted by Gasteiger charge is 2.27. The molecule has 0 saturated carbocycles. The molecule has 4 heteroatoms. The number of aliphatic hydroxyl groups excluding tert-OH is 1. The van der Waals surface area contributed by atoms with Gasteiger partial charge in [-0.25, -0.2) is 0 Å². The van der Waals surface area contributed by atoms with Gasteiger partial charge in [0, 0.05) is 18.2 Å². The first-order chi connectivity index (χ1) is 9.99. The van der Waals surface area contributed by atoms with Crippen LogP contribution in [0.15, 0.2) is 18.2 Å². The minimum atomic E-state index is -0.398. The van der Waals surface area contributed by atoms with Gasteiger partial charge in [-0.15, -0.1) is 0 Å². The highest BCUT2D eigenvalue weighted by atomic mass is 16.3. The quantitative estimate of drug-likeness (QED) is 0.900. The number of hydrogen-bond donors (Lipinski definition) is 2. The van der Waals surface area contributed by atoms with Gasteiger partial charge in [-0.2, -0.15) is 0 Å². The lowest BCUT2D eigenvalue weighted by molar-refractivity contribution is 0.0607. The zero-order valence-electron chi connectivity index (χ0n) is 12.9. The topological polar surface area (TPSA) is 60.8 Å². The Labute approximate surface area is 126 Å². The molecule has 1 heterocycles. The van der Waals surface area contributed by atoms with E-state index in [2.05, 4.69) is 0 Å². The monoisotopic (exact) mass is 291 g/mol. The molecule has 1 saturated heterocycles. The van der Waals surface area contributed by atoms with Crippen molar-refractivity contribution in [2.75, 3.05) is 6.54 Å². The Morgan fingerprint density at radius 2 is 2.14 bits per heavy atom. The van der Waals surface area contributed by atoms with Crippen LogP contribution in [0.2, 0.25) is 0 Å². The second-order valence-electron chi connectivity index (χ2n) is 6.09. The summed E-state index contributed by atoms with van der Waals surface area (Å²) >= 11 is 0. The molecule has 0 bridgehead atoms. The van der Waals surface area contributed by atoms with E-state index in [0.29, 0.717) is 17.5 Å². The van der Waals surface area contributed by atoms with Gasteiger partial charge in [0.1, 0.15) is 5.75 Å². The fourth-order valence-electron chi connectivity index (χ4n) is 3.04. The standard InChI is InChI=1S/C17H25NO3/c1-12-10-14(7-8-16(12)20)17(21)18-9-5-3-4-6-15(18)11-13(2)19/h7-8,10,13,15,19-20H,3-6,9,11H2,1-2H3.